The second kappa shape index (κ2) is 12.7. The predicted octanol–water partition coefficient (Wildman–Crippen LogP) is 4.17. The van der Waals surface area contributed by atoms with E-state index in [4.69, 9.17) is 9.47 Å². The number of carboxylic acids is 1. The lowest BCUT2D eigenvalue weighted by Crippen LogP contribution is -2.71. The van der Waals surface area contributed by atoms with Crippen LogP contribution in [-0.2, 0) is 14.3 Å². The van der Waals surface area contributed by atoms with Gasteiger partial charge in [-0.1, -0.05) is 58.6 Å². The lowest BCUT2D eigenvalue weighted by atomic mass is 9.31. The van der Waals surface area contributed by atoms with Crippen molar-refractivity contribution in [2.24, 2.45) is 56.2 Å². The molecule has 5 saturated carbocycles. The van der Waals surface area contributed by atoms with E-state index in [0.29, 0.717) is 38.0 Å². The Labute approximate surface area is 297 Å². The molecule has 7 rings (SSSR count). The molecule has 0 aromatic heterocycles. The van der Waals surface area contributed by atoms with Gasteiger partial charge in [0.25, 0.3) is 0 Å². The lowest BCUT2D eigenvalue weighted by Gasteiger charge is -2.74. The second-order valence-electron chi connectivity index (χ2n) is 19.2. The van der Waals surface area contributed by atoms with Crippen LogP contribution in [-0.4, -0.2) is 98.3 Å². The normalized spacial score (nSPS) is 54.0. The van der Waals surface area contributed by atoms with Gasteiger partial charge in [0.2, 0.25) is 0 Å². The fourth-order valence-corrected chi connectivity index (χ4v) is 14.0. The number of rotatable bonds is 6. The average Bonchev–Trinajstić information content (AvgIpc) is 3.10. The number of aliphatic hydroxyl groups is 6. The Kier molecular flexibility index (Phi) is 9.49. The fourth-order valence-electron chi connectivity index (χ4n) is 14.0. The summed E-state index contributed by atoms with van der Waals surface area (Å²) in [6, 6.07) is 0. The Balaban J connectivity index is 1.31. The lowest BCUT2D eigenvalue weighted by molar-refractivity contribution is -0.335. The summed E-state index contributed by atoms with van der Waals surface area (Å²) in [6.45, 7) is 8.63. The first-order valence-corrected chi connectivity index (χ1v) is 19.7. The van der Waals surface area contributed by atoms with Crippen LogP contribution in [0.25, 0.3) is 0 Å². The number of allylic oxidation sites excluding steroid dienone is 2. The van der Waals surface area contributed by atoms with Crippen molar-refractivity contribution in [2.75, 3.05) is 19.8 Å². The maximum Gasteiger partial charge on any atom is 0.310 e. The molecule has 0 amide bonds. The van der Waals surface area contributed by atoms with Crippen LogP contribution in [0, 0.1) is 56.2 Å². The Morgan fingerprint density at radius 3 is 2.20 bits per heavy atom. The van der Waals surface area contributed by atoms with Crippen molar-refractivity contribution in [1.29, 1.82) is 0 Å². The molecule has 10 heteroatoms. The van der Waals surface area contributed by atoms with Gasteiger partial charge in [-0.05, 0) is 116 Å². The van der Waals surface area contributed by atoms with Crippen molar-refractivity contribution >= 4 is 5.97 Å². The van der Waals surface area contributed by atoms with Crippen LogP contribution >= 0.6 is 0 Å². The summed E-state index contributed by atoms with van der Waals surface area (Å²) in [5.74, 6) is -0.258. The van der Waals surface area contributed by atoms with Crippen LogP contribution in [0.3, 0.4) is 0 Å². The van der Waals surface area contributed by atoms with E-state index in [9.17, 15) is 40.5 Å². The van der Waals surface area contributed by atoms with Gasteiger partial charge >= 0.3 is 5.97 Å². The molecular weight excluding hydrogens is 640 g/mol. The zero-order valence-corrected chi connectivity index (χ0v) is 30.7. The van der Waals surface area contributed by atoms with Crippen LogP contribution in [0.4, 0.5) is 0 Å². The minimum Gasteiger partial charge on any atom is -0.481 e. The Bertz CT molecular complexity index is 1330. The van der Waals surface area contributed by atoms with Crippen molar-refractivity contribution in [3.8, 4) is 0 Å². The highest BCUT2D eigenvalue weighted by molar-refractivity contribution is 5.76. The van der Waals surface area contributed by atoms with E-state index in [1.54, 1.807) is 0 Å². The molecular formula is C40H64O10. The quantitative estimate of drug-likeness (QED) is 0.157. The summed E-state index contributed by atoms with van der Waals surface area (Å²) >= 11 is 0. The number of hydrogen-bond acceptors (Lipinski definition) is 9. The second-order valence-corrected chi connectivity index (χ2v) is 19.2. The standard InChI is InChI=1S/C40H64O10/c1-35(21-41)14-16-39(34(47)48)17-15-37(3)24(25(39)18-35)10-11-29-38(37,4)13-12-28-36(2,22-42)32(50-33-31(46)30(45)27(44)20-49-33)26(43)19-40(28,29)23-8-6-5-7-9-23/h10,23,25-33,41-46H,5-9,11-22H2,1-4H3,(H,47,48). The summed E-state index contributed by atoms with van der Waals surface area (Å²) in [4.78, 5) is 13.2. The topological polar surface area (TPSA) is 177 Å². The highest BCUT2D eigenvalue weighted by atomic mass is 16.7. The van der Waals surface area contributed by atoms with E-state index in [-0.39, 0.29) is 59.2 Å². The highest BCUT2D eigenvalue weighted by Crippen LogP contribution is 2.78. The minimum atomic E-state index is -1.49. The summed E-state index contributed by atoms with van der Waals surface area (Å²) in [6.07, 6.45) is 7.23. The third kappa shape index (κ3) is 5.05. The van der Waals surface area contributed by atoms with Crippen molar-refractivity contribution in [3.05, 3.63) is 11.6 Å². The van der Waals surface area contributed by atoms with E-state index in [1.807, 2.05) is 6.92 Å². The van der Waals surface area contributed by atoms with Crippen LogP contribution in [0.1, 0.15) is 118 Å². The Morgan fingerprint density at radius 2 is 1.54 bits per heavy atom. The van der Waals surface area contributed by atoms with E-state index >= 15 is 0 Å². The predicted molar refractivity (Wildman–Crippen MR) is 184 cm³/mol. The summed E-state index contributed by atoms with van der Waals surface area (Å²) in [7, 11) is 0. The molecule has 0 aromatic carbocycles. The first kappa shape index (κ1) is 37.2. The van der Waals surface area contributed by atoms with Gasteiger partial charge < -0.3 is 45.2 Å². The molecule has 0 bridgehead atoms. The van der Waals surface area contributed by atoms with Crippen LogP contribution in [0.2, 0.25) is 0 Å². The monoisotopic (exact) mass is 704 g/mol. The third-order valence-corrected chi connectivity index (χ3v) is 17.1. The minimum absolute atomic E-state index is 0.0124. The number of aliphatic hydroxyl groups excluding tert-OH is 6. The smallest absolute Gasteiger partial charge is 0.310 e. The number of carbonyl (C=O) groups is 1. The van der Waals surface area contributed by atoms with Crippen molar-refractivity contribution in [2.45, 2.75) is 154 Å². The van der Waals surface area contributed by atoms with Crippen LogP contribution in [0.15, 0.2) is 11.6 Å². The Morgan fingerprint density at radius 1 is 0.840 bits per heavy atom. The highest BCUT2D eigenvalue weighted by Gasteiger charge is 2.73. The SMILES string of the molecule is CC1(CO)CCC2(C(=O)O)CCC3(C)C(=CCC4C5(C6CCCCC6)CC(O)C(OC6OCC(O)C(O)C6O)C(C)(CO)C5CCC43C)C2C1. The van der Waals surface area contributed by atoms with Crippen molar-refractivity contribution in [1.82, 2.24) is 0 Å². The zero-order valence-electron chi connectivity index (χ0n) is 30.7. The van der Waals surface area contributed by atoms with E-state index in [0.717, 1.165) is 51.4 Å². The van der Waals surface area contributed by atoms with Gasteiger partial charge in [0, 0.05) is 12.0 Å². The first-order chi connectivity index (χ1) is 23.6. The molecule has 1 heterocycles. The molecule has 50 heavy (non-hydrogen) atoms. The van der Waals surface area contributed by atoms with Gasteiger partial charge in [-0.2, -0.15) is 0 Å². The zero-order chi connectivity index (χ0) is 36.1. The maximum absolute atomic E-state index is 13.2. The van der Waals surface area contributed by atoms with E-state index in [2.05, 4.69) is 26.8 Å². The maximum atomic E-state index is 13.2. The molecule has 0 aromatic rings. The van der Waals surface area contributed by atoms with Crippen LogP contribution in [0.5, 0.6) is 0 Å². The van der Waals surface area contributed by atoms with Gasteiger partial charge in [-0.3, -0.25) is 4.79 Å². The molecule has 6 fully saturated rings. The van der Waals surface area contributed by atoms with Gasteiger partial charge in [0.05, 0.1) is 30.8 Å². The van der Waals surface area contributed by atoms with Crippen LogP contribution < -0.4 is 0 Å². The molecule has 1 aliphatic heterocycles. The average molecular weight is 705 g/mol. The molecule has 6 aliphatic carbocycles. The molecule has 15 atom stereocenters. The summed E-state index contributed by atoms with van der Waals surface area (Å²) in [5, 5.41) is 76.3. The number of carboxylic acid groups (broad SMARTS) is 1. The van der Waals surface area contributed by atoms with Crippen molar-refractivity contribution < 1.29 is 50.0 Å². The van der Waals surface area contributed by atoms with Gasteiger partial charge in [-0.15, -0.1) is 0 Å². The van der Waals surface area contributed by atoms with Gasteiger partial charge in [0.15, 0.2) is 6.29 Å². The number of fused-ring (bicyclic) bond motifs is 7. The molecule has 0 radical (unpaired) electrons. The van der Waals surface area contributed by atoms with Gasteiger partial charge in [-0.25, -0.2) is 0 Å². The van der Waals surface area contributed by atoms with E-state index in [1.165, 1.54) is 12.0 Å². The number of ether oxygens (including phenoxy) is 2. The molecule has 0 spiro atoms. The first-order valence-electron chi connectivity index (χ1n) is 19.7. The largest absolute Gasteiger partial charge is 0.481 e. The Hall–Kier alpha value is -1.11. The van der Waals surface area contributed by atoms with E-state index < -0.39 is 53.6 Å². The summed E-state index contributed by atoms with van der Waals surface area (Å²) in [5.41, 5.74) is -1.42. The number of hydrogen-bond donors (Lipinski definition) is 7. The fraction of sp³-hybridized carbons (Fsp3) is 0.925. The van der Waals surface area contributed by atoms with Crippen molar-refractivity contribution in [3.63, 3.8) is 0 Å². The molecule has 284 valence electrons. The summed E-state index contributed by atoms with van der Waals surface area (Å²) < 4.78 is 12.1. The molecule has 1 saturated heterocycles. The third-order valence-electron chi connectivity index (χ3n) is 17.1. The molecule has 15 unspecified atom stereocenters. The molecule has 10 nitrogen and oxygen atoms in total. The van der Waals surface area contributed by atoms with Gasteiger partial charge in [0.1, 0.15) is 18.3 Å². The number of aliphatic carboxylic acids is 1. The molecule has 7 aliphatic rings. The molecule has 7 N–H and O–H groups in total.